The van der Waals surface area contributed by atoms with Gasteiger partial charge in [0.25, 0.3) is 0 Å². The highest BCUT2D eigenvalue weighted by atomic mass is 79.9. The number of ether oxygens (including phenoxy) is 1. The Balaban J connectivity index is 1.65. The van der Waals surface area contributed by atoms with E-state index in [1.54, 1.807) is 0 Å². The first kappa shape index (κ1) is 13.8. The summed E-state index contributed by atoms with van der Waals surface area (Å²) in [6.07, 6.45) is 1.07. The fourth-order valence-corrected chi connectivity index (χ4v) is 2.99. The van der Waals surface area contributed by atoms with Gasteiger partial charge in [-0.1, -0.05) is 33.6 Å². The van der Waals surface area contributed by atoms with E-state index in [1.807, 2.05) is 24.3 Å². The summed E-state index contributed by atoms with van der Waals surface area (Å²) in [5.74, 6) is 0.982. The predicted octanol–water partition coefficient (Wildman–Crippen LogP) is 4.83. The average molecular weight is 353 g/mol. The molecule has 1 aliphatic rings. The molecule has 3 rings (SSSR count). The van der Waals surface area contributed by atoms with Crippen LogP contribution in [0.15, 0.2) is 40.9 Å². The van der Waals surface area contributed by atoms with Crippen LogP contribution >= 0.6 is 27.5 Å². The Morgan fingerprint density at radius 3 is 3.00 bits per heavy atom. The first-order chi connectivity index (χ1) is 9.61. The molecule has 1 heterocycles. The van der Waals surface area contributed by atoms with E-state index in [0.717, 1.165) is 33.9 Å². The van der Waals surface area contributed by atoms with Crippen molar-refractivity contribution >= 4 is 33.2 Å². The largest absolute Gasteiger partial charge is 0.488 e. The molecule has 1 atom stereocenters. The van der Waals surface area contributed by atoms with E-state index in [1.165, 1.54) is 11.1 Å². The lowest BCUT2D eigenvalue weighted by Gasteiger charge is -2.14. The van der Waals surface area contributed by atoms with Crippen LogP contribution in [0.25, 0.3) is 0 Å². The topological polar surface area (TPSA) is 21.3 Å². The van der Waals surface area contributed by atoms with Crippen LogP contribution in [-0.2, 0) is 6.42 Å². The molecule has 0 saturated carbocycles. The molecule has 1 aliphatic heterocycles. The number of aryl methyl sites for hydroxylation is 1. The summed E-state index contributed by atoms with van der Waals surface area (Å²) in [7, 11) is 0. The van der Waals surface area contributed by atoms with Crippen molar-refractivity contribution < 1.29 is 4.74 Å². The van der Waals surface area contributed by atoms with Crippen molar-refractivity contribution in [3.05, 3.63) is 57.0 Å². The van der Waals surface area contributed by atoms with E-state index < -0.39 is 0 Å². The van der Waals surface area contributed by atoms with E-state index in [9.17, 15) is 0 Å². The first-order valence-corrected chi connectivity index (χ1v) is 7.74. The van der Waals surface area contributed by atoms with Crippen LogP contribution in [0.4, 0.5) is 5.69 Å². The van der Waals surface area contributed by atoms with E-state index in [0.29, 0.717) is 0 Å². The summed E-state index contributed by atoms with van der Waals surface area (Å²) in [6, 6.07) is 12.1. The van der Waals surface area contributed by atoms with Gasteiger partial charge in [-0.2, -0.15) is 0 Å². The zero-order valence-corrected chi connectivity index (χ0v) is 13.5. The predicted molar refractivity (Wildman–Crippen MR) is 86.9 cm³/mol. The Labute approximate surface area is 132 Å². The number of nitrogens with one attached hydrogen (secondary N) is 1. The SMILES string of the molecule is Cc1ccc(Cl)c(NCC2Cc3cc(Br)ccc3O2)c1. The monoisotopic (exact) mass is 351 g/mol. The molecule has 0 bridgehead atoms. The fraction of sp³-hybridized carbons (Fsp3) is 0.250. The van der Waals surface area contributed by atoms with Gasteiger partial charge in [0.1, 0.15) is 11.9 Å². The van der Waals surface area contributed by atoms with Crippen molar-refractivity contribution in [2.24, 2.45) is 0 Å². The molecule has 1 N–H and O–H groups in total. The Kier molecular flexibility index (Phi) is 3.90. The molecule has 0 spiro atoms. The van der Waals surface area contributed by atoms with Crippen molar-refractivity contribution in [3.63, 3.8) is 0 Å². The van der Waals surface area contributed by atoms with Gasteiger partial charge in [-0.3, -0.25) is 0 Å². The second-order valence-corrected chi connectivity index (χ2v) is 6.38. The smallest absolute Gasteiger partial charge is 0.123 e. The van der Waals surface area contributed by atoms with Gasteiger partial charge in [-0.05, 0) is 48.4 Å². The number of fused-ring (bicyclic) bond motifs is 1. The first-order valence-electron chi connectivity index (χ1n) is 6.57. The van der Waals surface area contributed by atoms with Crippen molar-refractivity contribution in [3.8, 4) is 5.75 Å². The maximum Gasteiger partial charge on any atom is 0.123 e. The Morgan fingerprint density at radius 1 is 1.30 bits per heavy atom. The maximum absolute atomic E-state index is 6.18. The van der Waals surface area contributed by atoms with Crippen LogP contribution in [0.1, 0.15) is 11.1 Å². The third kappa shape index (κ3) is 2.94. The number of rotatable bonds is 3. The molecule has 2 aromatic carbocycles. The van der Waals surface area contributed by atoms with Crippen molar-refractivity contribution in [2.45, 2.75) is 19.4 Å². The summed E-state index contributed by atoms with van der Waals surface area (Å²) in [6.45, 7) is 2.80. The van der Waals surface area contributed by atoms with Gasteiger partial charge in [0.05, 0.1) is 17.3 Å². The van der Waals surface area contributed by atoms with Gasteiger partial charge in [0, 0.05) is 10.9 Å². The lowest BCUT2D eigenvalue weighted by Crippen LogP contribution is -2.24. The summed E-state index contributed by atoms with van der Waals surface area (Å²) in [5.41, 5.74) is 3.41. The van der Waals surface area contributed by atoms with Crippen LogP contribution < -0.4 is 10.1 Å². The molecule has 4 heteroatoms. The van der Waals surface area contributed by atoms with Crippen molar-refractivity contribution in [2.75, 3.05) is 11.9 Å². The van der Waals surface area contributed by atoms with Crippen LogP contribution in [0.5, 0.6) is 5.75 Å². The molecular formula is C16H15BrClNO. The molecular weight excluding hydrogens is 338 g/mol. The average Bonchev–Trinajstić information content (AvgIpc) is 2.81. The lowest BCUT2D eigenvalue weighted by molar-refractivity contribution is 0.246. The third-order valence-electron chi connectivity index (χ3n) is 3.41. The van der Waals surface area contributed by atoms with E-state index in [-0.39, 0.29) is 6.10 Å². The number of anilines is 1. The van der Waals surface area contributed by atoms with Gasteiger partial charge in [0.15, 0.2) is 0 Å². The molecule has 0 radical (unpaired) electrons. The molecule has 1 unspecified atom stereocenters. The lowest BCUT2D eigenvalue weighted by atomic mass is 10.1. The summed E-state index contributed by atoms with van der Waals surface area (Å²) in [4.78, 5) is 0. The minimum atomic E-state index is 0.149. The molecule has 2 nitrogen and oxygen atoms in total. The standard InChI is InChI=1S/C16H15BrClNO/c1-10-2-4-14(18)15(6-10)19-9-13-8-11-7-12(17)3-5-16(11)20-13/h2-7,13,19H,8-9H2,1H3. The molecule has 2 aromatic rings. The summed E-state index contributed by atoms with van der Waals surface area (Å²) in [5, 5.41) is 4.12. The number of halogens is 2. The zero-order valence-electron chi connectivity index (χ0n) is 11.1. The maximum atomic E-state index is 6.18. The molecule has 0 saturated heterocycles. The minimum Gasteiger partial charge on any atom is -0.488 e. The van der Waals surface area contributed by atoms with Gasteiger partial charge < -0.3 is 10.1 Å². The van der Waals surface area contributed by atoms with E-state index in [2.05, 4.69) is 40.3 Å². The van der Waals surface area contributed by atoms with E-state index in [4.69, 9.17) is 16.3 Å². The normalized spacial score (nSPS) is 16.6. The van der Waals surface area contributed by atoms with Crippen LogP contribution in [0.3, 0.4) is 0 Å². The van der Waals surface area contributed by atoms with Gasteiger partial charge in [-0.25, -0.2) is 0 Å². The molecule has 20 heavy (non-hydrogen) atoms. The summed E-state index contributed by atoms with van der Waals surface area (Å²) >= 11 is 9.67. The van der Waals surface area contributed by atoms with Crippen molar-refractivity contribution in [1.29, 1.82) is 0 Å². The molecule has 0 amide bonds. The quantitative estimate of drug-likeness (QED) is 0.854. The van der Waals surface area contributed by atoms with Gasteiger partial charge in [0.2, 0.25) is 0 Å². The number of benzene rings is 2. The van der Waals surface area contributed by atoms with Gasteiger partial charge in [-0.15, -0.1) is 0 Å². The molecule has 0 fully saturated rings. The number of hydrogen-bond donors (Lipinski definition) is 1. The summed E-state index contributed by atoms with van der Waals surface area (Å²) < 4.78 is 7.02. The Bertz CT molecular complexity index is 644. The highest BCUT2D eigenvalue weighted by Gasteiger charge is 2.22. The van der Waals surface area contributed by atoms with E-state index >= 15 is 0 Å². The van der Waals surface area contributed by atoms with Gasteiger partial charge >= 0.3 is 0 Å². The number of hydrogen-bond acceptors (Lipinski definition) is 2. The third-order valence-corrected chi connectivity index (χ3v) is 4.23. The second kappa shape index (κ2) is 5.66. The Hall–Kier alpha value is -1.19. The highest BCUT2D eigenvalue weighted by Crippen LogP contribution is 2.31. The molecule has 0 aromatic heterocycles. The van der Waals surface area contributed by atoms with Crippen LogP contribution in [0.2, 0.25) is 5.02 Å². The zero-order chi connectivity index (χ0) is 14.1. The molecule has 104 valence electrons. The van der Waals surface area contributed by atoms with Crippen molar-refractivity contribution in [1.82, 2.24) is 0 Å². The van der Waals surface area contributed by atoms with Crippen LogP contribution in [0, 0.1) is 6.92 Å². The molecule has 0 aliphatic carbocycles. The second-order valence-electron chi connectivity index (χ2n) is 5.06. The fourth-order valence-electron chi connectivity index (χ4n) is 2.40. The Morgan fingerprint density at radius 2 is 2.15 bits per heavy atom. The highest BCUT2D eigenvalue weighted by molar-refractivity contribution is 9.10. The van der Waals surface area contributed by atoms with Crippen LogP contribution in [-0.4, -0.2) is 12.6 Å². The minimum absolute atomic E-state index is 0.149.